The first kappa shape index (κ1) is 25.4. The molecular weight excluding hydrogens is 468 g/mol. The molecule has 2 aromatic carbocycles. The van der Waals surface area contributed by atoms with Crippen molar-refractivity contribution in [1.82, 2.24) is 20.1 Å². The minimum Gasteiger partial charge on any atom is -0.436 e. The molecule has 1 atom stereocenters. The highest BCUT2D eigenvalue weighted by atomic mass is 16.5. The summed E-state index contributed by atoms with van der Waals surface area (Å²) in [6.07, 6.45) is 1.65. The number of rotatable bonds is 7. The second-order valence-electron chi connectivity index (χ2n) is 10.2. The van der Waals surface area contributed by atoms with E-state index in [9.17, 15) is 9.59 Å². The lowest BCUT2D eigenvalue weighted by Gasteiger charge is -2.34. The average Bonchev–Trinajstić information content (AvgIpc) is 3.37. The number of hydrogen-bond acceptors (Lipinski definition) is 6. The summed E-state index contributed by atoms with van der Waals surface area (Å²) in [5.41, 5.74) is 4.05. The molecule has 3 aromatic rings. The second kappa shape index (κ2) is 11.4. The standard InChI is InChI=1S/C29H36N4O4/c1-20-3-5-23(6-4-20)28-31-25-19-24(7-8-26(25)37-28)29(35)33-12-9-22(10-13-33)21(2)27(34)30-11-14-32-15-17-36-18-16-32/h3-8,19,21-22H,9-18H2,1-2H3,(H,30,34)/t21-/m0/s1. The molecule has 1 aromatic heterocycles. The van der Waals surface area contributed by atoms with E-state index in [1.54, 1.807) is 0 Å². The molecule has 0 spiro atoms. The van der Waals surface area contributed by atoms with E-state index in [1.807, 2.05) is 61.2 Å². The molecule has 2 amide bonds. The number of nitrogens with one attached hydrogen (secondary N) is 1. The molecule has 2 aliphatic heterocycles. The summed E-state index contributed by atoms with van der Waals surface area (Å²) in [5, 5.41) is 3.10. The minimum absolute atomic E-state index is 0.00264. The predicted molar refractivity (Wildman–Crippen MR) is 142 cm³/mol. The molecule has 8 nitrogen and oxygen atoms in total. The largest absolute Gasteiger partial charge is 0.436 e. The maximum absolute atomic E-state index is 13.2. The van der Waals surface area contributed by atoms with Gasteiger partial charge in [0.25, 0.3) is 5.91 Å². The zero-order chi connectivity index (χ0) is 25.8. The molecule has 0 aliphatic carbocycles. The van der Waals surface area contributed by atoms with Crippen molar-refractivity contribution in [2.75, 3.05) is 52.5 Å². The lowest BCUT2D eigenvalue weighted by atomic mass is 9.84. The van der Waals surface area contributed by atoms with Crippen molar-refractivity contribution in [2.45, 2.75) is 26.7 Å². The first-order valence-electron chi connectivity index (χ1n) is 13.3. The molecule has 5 rings (SSSR count). The summed E-state index contributed by atoms with van der Waals surface area (Å²) in [5.74, 6) is 0.885. The number of fused-ring (bicyclic) bond motifs is 1. The van der Waals surface area contributed by atoms with Gasteiger partial charge in [-0.05, 0) is 56.0 Å². The molecule has 2 aliphatic rings. The highest BCUT2D eigenvalue weighted by Gasteiger charge is 2.30. The Labute approximate surface area is 218 Å². The van der Waals surface area contributed by atoms with Crippen LogP contribution < -0.4 is 5.32 Å². The Hall–Kier alpha value is -3.23. The molecule has 3 heterocycles. The third-order valence-electron chi connectivity index (χ3n) is 7.71. The monoisotopic (exact) mass is 504 g/mol. The number of oxazole rings is 1. The quantitative estimate of drug-likeness (QED) is 0.528. The van der Waals surface area contributed by atoms with Gasteiger partial charge in [-0.25, -0.2) is 4.98 Å². The van der Waals surface area contributed by atoms with E-state index in [-0.39, 0.29) is 23.7 Å². The maximum atomic E-state index is 13.2. The molecule has 0 saturated carbocycles. The number of ether oxygens (including phenoxy) is 1. The molecule has 196 valence electrons. The molecule has 37 heavy (non-hydrogen) atoms. The van der Waals surface area contributed by atoms with Crippen molar-refractivity contribution in [3.8, 4) is 11.5 Å². The van der Waals surface area contributed by atoms with Gasteiger partial charge in [-0.1, -0.05) is 24.6 Å². The topological polar surface area (TPSA) is 87.9 Å². The van der Waals surface area contributed by atoms with Crippen LogP contribution in [0.1, 0.15) is 35.7 Å². The van der Waals surface area contributed by atoms with Crippen LogP contribution in [0.15, 0.2) is 46.9 Å². The Morgan fingerprint density at radius 1 is 1.05 bits per heavy atom. The fourth-order valence-electron chi connectivity index (χ4n) is 5.20. The van der Waals surface area contributed by atoms with Gasteiger partial charge in [-0.2, -0.15) is 0 Å². The number of nitrogens with zero attached hydrogens (tertiary/aromatic N) is 3. The van der Waals surface area contributed by atoms with Gasteiger partial charge in [0, 0.05) is 56.3 Å². The van der Waals surface area contributed by atoms with Crippen LogP contribution in [-0.2, 0) is 9.53 Å². The van der Waals surface area contributed by atoms with Gasteiger partial charge in [0.1, 0.15) is 5.52 Å². The third kappa shape index (κ3) is 6.02. The van der Waals surface area contributed by atoms with Gasteiger partial charge in [-0.15, -0.1) is 0 Å². The van der Waals surface area contributed by atoms with Crippen molar-refractivity contribution in [1.29, 1.82) is 0 Å². The number of morpholine rings is 1. The maximum Gasteiger partial charge on any atom is 0.253 e. The first-order chi connectivity index (χ1) is 18.0. The summed E-state index contributed by atoms with van der Waals surface area (Å²) >= 11 is 0. The van der Waals surface area contributed by atoms with E-state index in [0.717, 1.165) is 51.3 Å². The Morgan fingerprint density at radius 2 is 1.78 bits per heavy atom. The molecule has 2 fully saturated rings. The molecule has 0 unspecified atom stereocenters. The Balaban J connectivity index is 1.13. The molecule has 0 bridgehead atoms. The number of carbonyl (C=O) groups excluding carboxylic acids is 2. The number of benzene rings is 2. The lowest BCUT2D eigenvalue weighted by Crippen LogP contribution is -2.45. The minimum atomic E-state index is -0.0615. The van der Waals surface area contributed by atoms with Crippen LogP contribution in [0.5, 0.6) is 0 Å². The smallest absolute Gasteiger partial charge is 0.253 e. The van der Waals surface area contributed by atoms with Crippen molar-refractivity contribution >= 4 is 22.9 Å². The summed E-state index contributed by atoms with van der Waals surface area (Å²) in [6, 6.07) is 13.5. The third-order valence-corrected chi connectivity index (χ3v) is 7.71. The predicted octanol–water partition coefficient (Wildman–Crippen LogP) is 3.74. The summed E-state index contributed by atoms with van der Waals surface area (Å²) < 4.78 is 11.3. The highest BCUT2D eigenvalue weighted by Crippen LogP contribution is 2.28. The van der Waals surface area contributed by atoms with Gasteiger partial charge < -0.3 is 19.4 Å². The fraction of sp³-hybridized carbons (Fsp3) is 0.483. The lowest BCUT2D eigenvalue weighted by molar-refractivity contribution is -0.126. The fourth-order valence-corrected chi connectivity index (χ4v) is 5.20. The van der Waals surface area contributed by atoms with Crippen molar-refractivity contribution in [2.24, 2.45) is 11.8 Å². The van der Waals surface area contributed by atoms with Crippen LogP contribution in [0.3, 0.4) is 0 Å². The Bertz CT molecular complexity index is 1220. The molecular formula is C29H36N4O4. The highest BCUT2D eigenvalue weighted by molar-refractivity contribution is 5.97. The SMILES string of the molecule is Cc1ccc(-c2nc3cc(C(=O)N4CCC([C@H](C)C(=O)NCCN5CCOCC5)CC4)ccc3o2)cc1. The number of piperidine rings is 1. The normalized spacial score (nSPS) is 18.2. The summed E-state index contributed by atoms with van der Waals surface area (Å²) in [7, 11) is 0. The van der Waals surface area contributed by atoms with E-state index in [2.05, 4.69) is 15.2 Å². The van der Waals surface area contributed by atoms with Gasteiger partial charge in [-0.3, -0.25) is 14.5 Å². The molecule has 1 N–H and O–H groups in total. The van der Waals surface area contributed by atoms with Gasteiger partial charge in [0.2, 0.25) is 11.8 Å². The Morgan fingerprint density at radius 3 is 2.51 bits per heavy atom. The van der Waals surface area contributed by atoms with Crippen LogP contribution in [0.4, 0.5) is 0 Å². The van der Waals surface area contributed by atoms with E-state index < -0.39 is 0 Å². The number of carbonyl (C=O) groups is 2. The van der Waals surface area contributed by atoms with Crippen LogP contribution in [0.25, 0.3) is 22.6 Å². The average molecular weight is 505 g/mol. The van der Waals surface area contributed by atoms with Gasteiger partial charge >= 0.3 is 0 Å². The molecule has 0 radical (unpaired) electrons. The first-order valence-corrected chi connectivity index (χ1v) is 13.3. The van der Waals surface area contributed by atoms with Crippen molar-refractivity contribution in [3.05, 3.63) is 53.6 Å². The van der Waals surface area contributed by atoms with E-state index in [0.29, 0.717) is 42.2 Å². The van der Waals surface area contributed by atoms with Crippen LogP contribution in [0, 0.1) is 18.8 Å². The van der Waals surface area contributed by atoms with Crippen LogP contribution in [0.2, 0.25) is 0 Å². The van der Waals surface area contributed by atoms with Crippen LogP contribution in [-0.4, -0.2) is 79.1 Å². The molecule has 8 heteroatoms. The van der Waals surface area contributed by atoms with E-state index in [1.165, 1.54) is 5.56 Å². The number of likely N-dealkylation sites (tertiary alicyclic amines) is 1. The van der Waals surface area contributed by atoms with Crippen molar-refractivity contribution < 1.29 is 18.7 Å². The van der Waals surface area contributed by atoms with E-state index >= 15 is 0 Å². The summed E-state index contributed by atoms with van der Waals surface area (Å²) in [4.78, 5) is 34.8. The number of hydrogen-bond donors (Lipinski definition) is 1. The van der Waals surface area contributed by atoms with Gasteiger partial charge in [0.15, 0.2) is 5.58 Å². The second-order valence-corrected chi connectivity index (χ2v) is 10.2. The Kier molecular flexibility index (Phi) is 7.86. The van der Waals surface area contributed by atoms with Gasteiger partial charge in [0.05, 0.1) is 13.2 Å². The zero-order valence-electron chi connectivity index (χ0n) is 21.7. The number of aryl methyl sites for hydroxylation is 1. The van der Waals surface area contributed by atoms with E-state index in [4.69, 9.17) is 9.15 Å². The summed E-state index contributed by atoms with van der Waals surface area (Å²) in [6.45, 7) is 10.3. The number of aromatic nitrogens is 1. The zero-order valence-corrected chi connectivity index (χ0v) is 21.7. The molecule has 2 saturated heterocycles. The van der Waals surface area contributed by atoms with Crippen molar-refractivity contribution in [3.63, 3.8) is 0 Å². The number of amides is 2. The van der Waals surface area contributed by atoms with Crippen LogP contribution >= 0.6 is 0 Å².